The Labute approximate surface area is 168 Å². The van der Waals surface area contributed by atoms with Crippen molar-refractivity contribution in [3.63, 3.8) is 0 Å². The van der Waals surface area contributed by atoms with Crippen LogP contribution in [0.2, 0.25) is 0 Å². The van der Waals surface area contributed by atoms with Gasteiger partial charge in [0, 0.05) is 44.1 Å². The number of ether oxygens (including phenoxy) is 2. The highest BCUT2D eigenvalue weighted by atomic mass is 16.5. The Hall–Kier alpha value is -2.88. The summed E-state index contributed by atoms with van der Waals surface area (Å²) >= 11 is 0. The van der Waals surface area contributed by atoms with Crippen molar-refractivity contribution < 1.29 is 19.4 Å². The van der Waals surface area contributed by atoms with E-state index in [-0.39, 0.29) is 17.9 Å². The number of anilines is 1. The molecular weight excluding hydrogens is 376 g/mol. The zero-order valence-corrected chi connectivity index (χ0v) is 16.5. The molecule has 3 aliphatic heterocycles. The van der Waals surface area contributed by atoms with Crippen LogP contribution in [-0.2, 0) is 24.9 Å². The topological polar surface area (TPSA) is 106 Å². The van der Waals surface area contributed by atoms with Gasteiger partial charge in [0.05, 0.1) is 37.2 Å². The Morgan fingerprint density at radius 2 is 2.00 bits per heavy atom. The molecule has 10 heteroatoms. The molecule has 5 rings (SSSR count). The number of aryl methyl sites for hydroxylation is 1. The van der Waals surface area contributed by atoms with E-state index in [1.54, 1.807) is 0 Å². The molecule has 2 aromatic heterocycles. The van der Waals surface area contributed by atoms with Gasteiger partial charge in [-0.1, -0.05) is 0 Å². The predicted octanol–water partition coefficient (Wildman–Crippen LogP) is 1.04. The lowest BCUT2D eigenvalue weighted by Gasteiger charge is -2.45. The van der Waals surface area contributed by atoms with Crippen LogP contribution in [0.4, 0.5) is 10.6 Å². The molecule has 5 heterocycles. The van der Waals surface area contributed by atoms with Crippen molar-refractivity contribution in [3.05, 3.63) is 29.3 Å². The SMILES string of the molecule is Cc1c(OC2C3COCC2CN(C(=O)O)C3)ncnc1N1Cc2cnn(C)c2C1. The lowest BCUT2D eigenvalue weighted by molar-refractivity contribution is -0.108. The average molecular weight is 400 g/mol. The van der Waals surface area contributed by atoms with Crippen LogP contribution < -0.4 is 9.64 Å². The number of nitrogens with zero attached hydrogens (tertiary/aromatic N) is 6. The maximum absolute atomic E-state index is 11.4. The van der Waals surface area contributed by atoms with E-state index in [1.807, 2.05) is 24.9 Å². The van der Waals surface area contributed by atoms with Crippen molar-refractivity contribution >= 4 is 11.9 Å². The molecule has 3 aliphatic rings. The van der Waals surface area contributed by atoms with E-state index in [0.717, 1.165) is 24.5 Å². The van der Waals surface area contributed by atoms with Crippen LogP contribution in [0.5, 0.6) is 5.88 Å². The van der Waals surface area contributed by atoms with Gasteiger partial charge in [-0.15, -0.1) is 0 Å². The molecule has 0 radical (unpaired) electrons. The molecule has 0 aliphatic carbocycles. The first-order valence-corrected chi connectivity index (χ1v) is 9.80. The third-order valence-electron chi connectivity index (χ3n) is 6.18. The van der Waals surface area contributed by atoms with Crippen molar-refractivity contribution in [3.8, 4) is 5.88 Å². The summed E-state index contributed by atoms with van der Waals surface area (Å²) in [5.41, 5.74) is 3.30. The number of aromatic nitrogens is 4. The fraction of sp³-hybridized carbons (Fsp3) is 0.579. The zero-order chi connectivity index (χ0) is 20.1. The fourth-order valence-corrected chi connectivity index (χ4v) is 4.68. The van der Waals surface area contributed by atoms with Crippen LogP contribution in [-0.4, -0.2) is 68.3 Å². The summed E-state index contributed by atoms with van der Waals surface area (Å²) < 4.78 is 13.9. The lowest BCUT2D eigenvalue weighted by Crippen LogP contribution is -2.58. The highest BCUT2D eigenvalue weighted by molar-refractivity contribution is 5.65. The van der Waals surface area contributed by atoms with E-state index < -0.39 is 6.09 Å². The number of fused-ring (bicyclic) bond motifs is 3. The first kappa shape index (κ1) is 18.2. The van der Waals surface area contributed by atoms with Gasteiger partial charge in [0.25, 0.3) is 0 Å². The van der Waals surface area contributed by atoms with Crippen LogP contribution in [0.15, 0.2) is 12.5 Å². The summed E-state index contributed by atoms with van der Waals surface area (Å²) in [7, 11) is 1.95. The molecule has 2 aromatic rings. The normalized spacial score (nSPS) is 25.8. The number of piperidine rings is 1. The third kappa shape index (κ3) is 3.07. The second-order valence-electron chi connectivity index (χ2n) is 8.05. The Bertz CT molecular complexity index is 933. The largest absolute Gasteiger partial charge is 0.473 e. The van der Waals surface area contributed by atoms with E-state index in [4.69, 9.17) is 9.47 Å². The molecule has 2 atom stereocenters. The molecule has 10 nitrogen and oxygen atoms in total. The minimum atomic E-state index is -0.885. The Morgan fingerprint density at radius 1 is 1.24 bits per heavy atom. The van der Waals surface area contributed by atoms with Gasteiger partial charge in [0.15, 0.2) is 0 Å². The summed E-state index contributed by atoms with van der Waals surface area (Å²) in [6.45, 7) is 5.32. The van der Waals surface area contributed by atoms with E-state index >= 15 is 0 Å². The zero-order valence-electron chi connectivity index (χ0n) is 16.5. The molecule has 2 fully saturated rings. The second-order valence-corrected chi connectivity index (χ2v) is 8.05. The Balaban J connectivity index is 1.36. The third-order valence-corrected chi connectivity index (χ3v) is 6.18. The molecule has 0 saturated carbocycles. The van der Waals surface area contributed by atoms with Gasteiger partial charge in [-0.2, -0.15) is 5.10 Å². The molecule has 1 amide bonds. The van der Waals surface area contributed by atoms with Crippen molar-refractivity contribution in [2.75, 3.05) is 31.2 Å². The van der Waals surface area contributed by atoms with Gasteiger partial charge in [0.1, 0.15) is 18.2 Å². The summed E-state index contributed by atoms with van der Waals surface area (Å²) in [4.78, 5) is 24.0. The van der Waals surface area contributed by atoms with Gasteiger partial charge >= 0.3 is 6.09 Å². The van der Waals surface area contributed by atoms with Crippen molar-refractivity contribution in [1.82, 2.24) is 24.6 Å². The monoisotopic (exact) mass is 400 g/mol. The number of carboxylic acid groups (broad SMARTS) is 1. The number of amides is 1. The van der Waals surface area contributed by atoms with Gasteiger partial charge in [0.2, 0.25) is 5.88 Å². The van der Waals surface area contributed by atoms with Gasteiger partial charge < -0.3 is 24.4 Å². The molecule has 2 unspecified atom stereocenters. The molecule has 0 aromatic carbocycles. The highest BCUT2D eigenvalue weighted by Crippen LogP contribution is 2.35. The molecule has 1 N–H and O–H groups in total. The van der Waals surface area contributed by atoms with Crippen molar-refractivity contribution in [2.24, 2.45) is 18.9 Å². The molecule has 2 saturated heterocycles. The number of carbonyl (C=O) groups is 1. The number of rotatable bonds is 3. The Kier molecular flexibility index (Phi) is 4.30. The Morgan fingerprint density at radius 3 is 2.69 bits per heavy atom. The van der Waals surface area contributed by atoms with Crippen LogP contribution in [0.1, 0.15) is 16.8 Å². The van der Waals surface area contributed by atoms with Crippen LogP contribution >= 0.6 is 0 Å². The summed E-state index contributed by atoms with van der Waals surface area (Å²) in [5.74, 6) is 1.42. The number of likely N-dealkylation sites (tertiary alicyclic amines) is 1. The molecule has 0 spiro atoms. The summed E-state index contributed by atoms with van der Waals surface area (Å²) in [6, 6.07) is 0. The van der Waals surface area contributed by atoms with Crippen LogP contribution in [0.25, 0.3) is 0 Å². The average Bonchev–Trinajstić information content (AvgIpc) is 3.25. The van der Waals surface area contributed by atoms with E-state index in [0.29, 0.717) is 32.2 Å². The number of hydrogen-bond acceptors (Lipinski definition) is 7. The quantitative estimate of drug-likeness (QED) is 0.815. The lowest BCUT2D eigenvalue weighted by atomic mass is 9.84. The van der Waals surface area contributed by atoms with Gasteiger partial charge in [-0.3, -0.25) is 4.68 Å². The minimum absolute atomic E-state index is 0.00136. The number of hydrogen-bond donors (Lipinski definition) is 1. The fourth-order valence-electron chi connectivity index (χ4n) is 4.68. The van der Waals surface area contributed by atoms with E-state index in [1.165, 1.54) is 22.5 Å². The summed E-state index contributed by atoms with van der Waals surface area (Å²) in [5, 5.41) is 13.7. The van der Waals surface area contributed by atoms with E-state index in [2.05, 4.69) is 20.0 Å². The first-order chi connectivity index (χ1) is 14.0. The maximum atomic E-state index is 11.4. The smallest absolute Gasteiger partial charge is 0.407 e. The van der Waals surface area contributed by atoms with Gasteiger partial charge in [-0.25, -0.2) is 14.8 Å². The predicted molar refractivity (Wildman–Crippen MR) is 102 cm³/mol. The molecule has 29 heavy (non-hydrogen) atoms. The minimum Gasteiger partial charge on any atom is -0.473 e. The maximum Gasteiger partial charge on any atom is 0.407 e. The molecular formula is C19H24N6O4. The van der Waals surface area contributed by atoms with Gasteiger partial charge in [-0.05, 0) is 6.92 Å². The van der Waals surface area contributed by atoms with E-state index in [9.17, 15) is 9.90 Å². The van der Waals surface area contributed by atoms with Crippen molar-refractivity contribution in [2.45, 2.75) is 26.1 Å². The standard InChI is InChI=1S/C19H24N6O4/c1-11-17(24-4-12-3-22-23(2)15(12)7-24)20-10-21-18(11)29-16-13-5-25(19(26)27)6-14(16)9-28-8-13/h3,10,13-14,16H,4-9H2,1-2H3,(H,26,27). The molecule has 154 valence electrons. The summed E-state index contributed by atoms with van der Waals surface area (Å²) in [6.07, 6.45) is 2.45. The van der Waals surface area contributed by atoms with Crippen LogP contribution in [0, 0.1) is 18.8 Å². The van der Waals surface area contributed by atoms with Crippen LogP contribution in [0.3, 0.4) is 0 Å². The second kappa shape index (κ2) is 6.87. The first-order valence-electron chi connectivity index (χ1n) is 9.80. The highest BCUT2D eigenvalue weighted by Gasteiger charge is 2.44. The van der Waals surface area contributed by atoms with Crippen molar-refractivity contribution in [1.29, 1.82) is 0 Å². The molecule has 2 bridgehead atoms.